The summed E-state index contributed by atoms with van der Waals surface area (Å²) in [7, 11) is 1.63. The third kappa shape index (κ3) is 3.05. The maximum Gasteiger partial charge on any atom is 0.118 e. The van der Waals surface area contributed by atoms with Crippen molar-refractivity contribution in [2.75, 3.05) is 7.11 Å². The summed E-state index contributed by atoms with van der Waals surface area (Å²) in [6, 6.07) is 7.58. The van der Waals surface area contributed by atoms with Gasteiger partial charge < -0.3 is 9.84 Å². The van der Waals surface area contributed by atoms with Crippen molar-refractivity contribution < 1.29 is 9.84 Å². The monoisotopic (exact) mass is 286 g/mol. The topological polar surface area (TPSA) is 55.2 Å². The van der Waals surface area contributed by atoms with E-state index in [9.17, 15) is 5.11 Å². The summed E-state index contributed by atoms with van der Waals surface area (Å²) in [4.78, 5) is 8.50. The minimum atomic E-state index is -0.961. The number of aromatic nitrogens is 2. The van der Waals surface area contributed by atoms with Crippen molar-refractivity contribution in [3.63, 3.8) is 0 Å². The predicted octanol–water partition coefficient (Wildman–Crippen LogP) is 3.28. The molecule has 2 atom stereocenters. The number of benzene rings is 1. The van der Waals surface area contributed by atoms with E-state index in [0.717, 1.165) is 23.4 Å². The van der Waals surface area contributed by atoms with Gasteiger partial charge in [-0.15, -0.1) is 0 Å². The van der Waals surface area contributed by atoms with Crippen LogP contribution in [0.15, 0.2) is 42.9 Å². The molecule has 0 bridgehead atoms. The van der Waals surface area contributed by atoms with Crippen LogP contribution in [-0.2, 0) is 5.60 Å². The summed E-state index contributed by atoms with van der Waals surface area (Å²) in [5.41, 5.74) is 0.736. The van der Waals surface area contributed by atoms with Gasteiger partial charge in [0.05, 0.1) is 18.4 Å². The van der Waals surface area contributed by atoms with E-state index < -0.39 is 5.60 Å². The molecule has 2 aromatic rings. The molecule has 112 valence electrons. The van der Waals surface area contributed by atoms with E-state index in [4.69, 9.17) is 4.74 Å². The molecule has 1 N–H and O–H groups in total. The van der Waals surface area contributed by atoms with Crippen LogP contribution in [0.4, 0.5) is 0 Å². The van der Waals surface area contributed by atoms with Crippen LogP contribution in [0.3, 0.4) is 0 Å². The SMILES string of the molecule is CC[C@H](c1cnccn1)[C@](O)(CC)c1ccc(OC)cc1. The lowest BCUT2D eigenvalue weighted by Gasteiger charge is -2.35. The number of methoxy groups -OCH3 is 1. The van der Waals surface area contributed by atoms with Gasteiger partial charge in [-0.1, -0.05) is 26.0 Å². The Morgan fingerprint density at radius 3 is 2.38 bits per heavy atom. The number of nitrogens with zero attached hydrogens (tertiary/aromatic N) is 2. The summed E-state index contributed by atoms with van der Waals surface area (Å²) >= 11 is 0. The number of aliphatic hydroxyl groups is 1. The molecule has 4 nitrogen and oxygen atoms in total. The highest BCUT2D eigenvalue weighted by molar-refractivity contribution is 5.33. The number of rotatable bonds is 6. The minimum Gasteiger partial charge on any atom is -0.497 e. The Labute approximate surface area is 125 Å². The van der Waals surface area contributed by atoms with E-state index in [1.807, 2.05) is 31.2 Å². The second kappa shape index (κ2) is 6.68. The fraction of sp³-hybridized carbons (Fsp3) is 0.412. The Bertz CT molecular complexity index is 557. The fourth-order valence-corrected chi connectivity index (χ4v) is 2.81. The van der Waals surface area contributed by atoms with Crippen LogP contribution in [0.25, 0.3) is 0 Å². The van der Waals surface area contributed by atoms with Gasteiger partial charge in [-0.2, -0.15) is 0 Å². The zero-order chi connectivity index (χ0) is 15.3. The van der Waals surface area contributed by atoms with Gasteiger partial charge in [0.15, 0.2) is 0 Å². The zero-order valence-corrected chi connectivity index (χ0v) is 12.8. The van der Waals surface area contributed by atoms with Crippen molar-refractivity contribution in [3.8, 4) is 5.75 Å². The summed E-state index contributed by atoms with van der Waals surface area (Å²) in [5.74, 6) is 0.689. The first kappa shape index (κ1) is 15.4. The summed E-state index contributed by atoms with van der Waals surface area (Å²) < 4.78 is 5.18. The summed E-state index contributed by atoms with van der Waals surface area (Å²) in [6.45, 7) is 4.05. The molecule has 0 fully saturated rings. The van der Waals surface area contributed by atoms with Crippen LogP contribution < -0.4 is 4.74 Å². The van der Waals surface area contributed by atoms with E-state index >= 15 is 0 Å². The van der Waals surface area contributed by atoms with Crippen molar-refractivity contribution in [2.24, 2.45) is 0 Å². The van der Waals surface area contributed by atoms with Gasteiger partial charge in [-0.25, -0.2) is 0 Å². The predicted molar refractivity (Wildman–Crippen MR) is 82.2 cm³/mol. The molecule has 21 heavy (non-hydrogen) atoms. The average molecular weight is 286 g/mol. The molecule has 4 heteroatoms. The largest absolute Gasteiger partial charge is 0.497 e. The first-order chi connectivity index (χ1) is 10.2. The standard InChI is InChI=1S/C17H22N2O2/c1-4-15(16-12-18-10-11-19-16)17(20,5-2)13-6-8-14(21-3)9-7-13/h6-12,15,20H,4-5H2,1-3H3/t15-,17+/m1/s1. The Morgan fingerprint density at radius 2 is 1.90 bits per heavy atom. The maximum absolute atomic E-state index is 11.3. The van der Waals surface area contributed by atoms with Gasteiger partial charge in [-0.3, -0.25) is 9.97 Å². The molecule has 1 aromatic carbocycles. The molecule has 0 amide bonds. The molecule has 0 aliphatic carbocycles. The van der Waals surface area contributed by atoms with Gasteiger partial charge >= 0.3 is 0 Å². The maximum atomic E-state index is 11.3. The average Bonchev–Trinajstić information content (AvgIpc) is 2.56. The molecule has 0 unspecified atom stereocenters. The third-order valence-corrected chi connectivity index (χ3v) is 4.05. The Hall–Kier alpha value is -1.94. The van der Waals surface area contributed by atoms with Gasteiger partial charge in [0, 0.05) is 24.5 Å². The highest BCUT2D eigenvalue weighted by Crippen LogP contribution is 2.41. The molecule has 0 saturated carbocycles. The van der Waals surface area contributed by atoms with Gasteiger partial charge in [0.2, 0.25) is 0 Å². The second-order valence-electron chi connectivity index (χ2n) is 5.10. The molecule has 0 spiro atoms. The van der Waals surface area contributed by atoms with E-state index in [1.54, 1.807) is 25.7 Å². The molecule has 2 rings (SSSR count). The van der Waals surface area contributed by atoms with Gasteiger partial charge in [0.1, 0.15) is 5.75 Å². The smallest absolute Gasteiger partial charge is 0.118 e. The van der Waals surface area contributed by atoms with Crippen molar-refractivity contribution in [1.29, 1.82) is 0 Å². The van der Waals surface area contributed by atoms with Crippen LogP contribution in [0.2, 0.25) is 0 Å². The molecule has 0 radical (unpaired) electrons. The van der Waals surface area contributed by atoms with Crippen molar-refractivity contribution in [1.82, 2.24) is 9.97 Å². The number of hydrogen-bond acceptors (Lipinski definition) is 4. The normalized spacial score (nSPS) is 15.2. The zero-order valence-electron chi connectivity index (χ0n) is 12.8. The number of ether oxygens (including phenoxy) is 1. The van der Waals surface area contributed by atoms with Crippen LogP contribution in [0.1, 0.15) is 43.9 Å². The quantitative estimate of drug-likeness (QED) is 0.885. The van der Waals surface area contributed by atoms with E-state index in [2.05, 4.69) is 16.9 Å². The van der Waals surface area contributed by atoms with E-state index in [1.165, 1.54) is 0 Å². The molecular formula is C17H22N2O2. The lowest BCUT2D eigenvalue weighted by atomic mass is 9.76. The Morgan fingerprint density at radius 1 is 1.19 bits per heavy atom. The van der Waals surface area contributed by atoms with E-state index in [-0.39, 0.29) is 5.92 Å². The summed E-state index contributed by atoms with van der Waals surface area (Å²) in [6.07, 6.45) is 6.44. The highest BCUT2D eigenvalue weighted by atomic mass is 16.5. The Balaban J connectivity index is 2.42. The van der Waals surface area contributed by atoms with Crippen LogP contribution in [0, 0.1) is 0 Å². The second-order valence-corrected chi connectivity index (χ2v) is 5.10. The van der Waals surface area contributed by atoms with Crippen molar-refractivity contribution in [3.05, 3.63) is 54.1 Å². The lowest BCUT2D eigenvalue weighted by molar-refractivity contribution is 0.0000408. The first-order valence-corrected chi connectivity index (χ1v) is 7.28. The van der Waals surface area contributed by atoms with E-state index in [0.29, 0.717) is 6.42 Å². The van der Waals surface area contributed by atoms with Crippen molar-refractivity contribution in [2.45, 2.75) is 38.2 Å². The lowest BCUT2D eigenvalue weighted by Crippen LogP contribution is -2.33. The van der Waals surface area contributed by atoms with Crippen LogP contribution in [-0.4, -0.2) is 22.2 Å². The minimum absolute atomic E-state index is 0.0930. The fourth-order valence-electron chi connectivity index (χ4n) is 2.81. The van der Waals surface area contributed by atoms with Gasteiger partial charge in [-0.05, 0) is 30.5 Å². The summed E-state index contributed by atoms with van der Waals surface area (Å²) in [5, 5.41) is 11.3. The molecule has 0 aliphatic rings. The molecule has 1 aromatic heterocycles. The highest BCUT2D eigenvalue weighted by Gasteiger charge is 2.37. The Kier molecular flexibility index (Phi) is 4.91. The molecular weight excluding hydrogens is 264 g/mol. The molecule has 0 aliphatic heterocycles. The first-order valence-electron chi connectivity index (χ1n) is 7.28. The van der Waals surface area contributed by atoms with Crippen LogP contribution >= 0.6 is 0 Å². The van der Waals surface area contributed by atoms with Crippen LogP contribution in [0.5, 0.6) is 5.75 Å². The van der Waals surface area contributed by atoms with Gasteiger partial charge in [0.25, 0.3) is 0 Å². The third-order valence-electron chi connectivity index (χ3n) is 4.05. The molecule has 1 heterocycles. The molecule has 0 saturated heterocycles. The van der Waals surface area contributed by atoms with Crippen molar-refractivity contribution >= 4 is 0 Å². The number of hydrogen-bond donors (Lipinski definition) is 1.